The molecule has 0 amide bonds. The van der Waals surface area contributed by atoms with Gasteiger partial charge < -0.3 is 4.74 Å². The van der Waals surface area contributed by atoms with E-state index in [2.05, 4.69) is 25.7 Å². The maximum absolute atomic E-state index is 6.19. The Labute approximate surface area is 174 Å². The van der Waals surface area contributed by atoms with Gasteiger partial charge in [-0.2, -0.15) is 0 Å². The Morgan fingerprint density at radius 1 is 0.963 bits per heavy atom. The van der Waals surface area contributed by atoms with E-state index in [1.807, 2.05) is 42.5 Å². The van der Waals surface area contributed by atoms with Crippen molar-refractivity contribution in [2.45, 2.75) is 51.3 Å². The highest BCUT2D eigenvalue weighted by Gasteiger charge is 2.12. The summed E-state index contributed by atoms with van der Waals surface area (Å²) in [6.07, 6.45) is 4.78. The Morgan fingerprint density at radius 2 is 1.70 bits per heavy atom. The minimum atomic E-state index is 0.393. The first-order valence-electron chi connectivity index (χ1n) is 9.69. The van der Waals surface area contributed by atoms with Gasteiger partial charge in [-0.25, -0.2) is 0 Å². The minimum Gasteiger partial charge on any atom is -0.493 e. The predicted octanol–water partition coefficient (Wildman–Crippen LogP) is 7.16. The fraction of sp³-hybridized carbons (Fsp3) is 0.417. The van der Waals surface area contributed by atoms with Gasteiger partial charge in [0.2, 0.25) is 0 Å². The second-order valence-corrected chi connectivity index (χ2v) is 7.26. The molecule has 1 unspecified atom stereocenters. The van der Waals surface area contributed by atoms with Crippen molar-refractivity contribution >= 4 is 23.2 Å². The van der Waals surface area contributed by atoms with Crippen molar-refractivity contribution in [1.82, 2.24) is 0 Å². The van der Waals surface area contributed by atoms with Crippen molar-refractivity contribution in [1.29, 1.82) is 0 Å². The van der Waals surface area contributed by atoms with Crippen molar-refractivity contribution in [3.8, 4) is 17.6 Å². The van der Waals surface area contributed by atoms with Gasteiger partial charge in [0.15, 0.2) is 0 Å². The van der Waals surface area contributed by atoms with Crippen molar-refractivity contribution in [3.63, 3.8) is 0 Å². The topological polar surface area (TPSA) is 9.23 Å². The monoisotopic (exact) mass is 402 g/mol. The molecule has 0 saturated carbocycles. The second kappa shape index (κ2) is 12.0. The molecule has 1 atom stereocenters. The molecular weight excluding hydrogens is 375 g/mol. The highest BCUT2D eigenvalue weighted by atomic mass is 35.5. The van der Waals surface area contributed by atoms with E-state index in [1.165, 1.54) is 19.3 Å². The number of rotatable bonds is 9. The third-order valence-electron chi connectivity index (χ3n) is 4.71. The lowest BCUT2D eigenvalue weighted by molar-refractivity contribution is 0.232. The van der Waals surface area contributed by atoms with Gasteiger partial charge in [0.05, 0.1) is 12.5 Å². The molecule has 27 heavy (non-hydrogen) atoms. The van der Waals surface area contributed by atoms with Gasteiger partial charge in [-0.15, -0.1) is 23.2 Å². The number of benzene rings is 2. The SMILES string of the molecule is CCCCC(CC)COc1cc(CCl)c(C#Cc2ccccc2)cc1CCl. The van der Waals surface area contributed by atoms with Gasteiger partial charge >= 0.3 is 0 Å². The van der Waals surface area contributed by atoms with Crippen molar-refractivity contribution in [3.05, 3.63) is 64.7 Å². The zero-order chi connectivity index (χ0) is 19.5. The summed E-state index contributed by atoms with van der Waals surface area (Å²) in [6, 6.07) is 14.0. The quantitative estimate of drug-likeness (QED) is 0.319. The fourth-order valence-electron chi connectivity index (χ4n) is 2.90. The molecule has 0 fully saturated rings. The summed E-state index contributed by atoms with van der Waals surface area (Å²) in [5.74, 6) is 8.63. The number of halogens is 2. The van der Waals surface area contributed by atoms with Gasteiger partial charge in [0.25, 0.3) is 0 Å². The zero-order valence-electron chi connectivity index (χ0n) is 16.2. The van der Waals surface area contributed by atoms with Crippen LogP contribution in [-0.2, 0) is 11.8 Å². The number of hydrogen-bond acceptors (Lipinski definition) is 1. The molecule has 1 nitrogen and oxygen atoms in total. The molecule has 0 radical (unpaired) electrons. The summed E-state index contributed by atoms with van der Waals surface area (Å²) in [6.45, 7) is 5.16. The Bertz CT molecular complexity index is 759. The fourth-order valence-corrected chi connectivity index (χ4v) is 3.33. The van der Waals surface area contributed by atoms with Crippen LogP contribution in [0, 0.1) is 17.8 Å². The first kappa shape index (κ1) is 21.7. The van der Waals surface area contributed by atoms with Gasteiger partial charge in [0.1, 0.15) is 5.75 Å². The van der Waals surface area contributed by atoms with Crippen LogP contribution in [0.5, 0.6) is 5.75 Å². The average Bonchev–Trinajstić information content (AvgIpc) is 2.72. The van der Waals surface area contributed by atoms with E-state index >= 15 is 0 Å². The molecule has 0 saturated heterocycles. The van der Waals surface area contributed by atoms with E-state index in [0.717, 1.165) is 41.0 Å². The molecular formula is C24H28Cl2O. The largest absolute Gasteiger partial charge is 0.493 e. The summed E-state index contributed by atoms with van der Waals surface area (Å²) >= 11 is 12.4. The normalized spacial score (nSPS) is 11.6. The van der Waals surface area contributed by atoms with Crippen LogP contribution < -0.4 is 4.74 Å². The van der Waals surface area contributed by atoms with Crippen molar-refractivity contribution < 1.29 is 4.74 Å². The summed E-state index contributed by atoms with van der Waals surface area (Å²) in [5.41, 5.74) is 3.83. The maximum Gasteiger partial charge on any atom is 0.124 e. The second-order valence-electron chi connectivity index (χ2n) is 6.73. The van der Waals surface area contributed by atoms with Gasteiger partial charge in [-0.05, 0) is 42.2 Å². The van der Waals surface area contributed by atoms with E-state index in [0.29, 0.717) is 17.7 Å². The van der Waals surface area contributed by atoms with Crippen LogP contribution in [0.2, 0.25) is 0 Å². The highest BCUT2D eigenvalue weighted by molar-refractivity contribution is 6.17. The molecule has 0 heterocycles. The standard InChI is InChI=1S/C24H28Cl2O/c1-3-5-9-19(4-2)18-27-24-15-22(16-25)21(14-23(24)17-26)13-12-20-10-7-6-8-11-20/h6-8,10-11,14-15,19H,3-5,9,16-18H2,1-2H3. The number of alkyl halides is 2. The van der Waals surface area contributed by atoms with Gasteiger partial charge in [-0.3, -0.25) is 0 Å². The zero-order valence-corrected chi connectivity index (χ0v) is 17.7. The lowest BCUT2D eigenvalue weighted by Gasteiger charge is -2.18. The third kappa shape index (κ3) is 6.80. The van der Waals surface area contributed by atoms with Gasteiger partial charge in [-0.1, -0.05) is 63.1 Å². The first-order valence-corrected chi connectivity index (χ1v) is 10.8. The number of hydrogen-bond donors (Lipinski definition) is 0. The Morgan fingerprint density at radius 3 is 2.33 bits per heavy atom. The van der Waals surface area contributed by atoms with E-state index in [4.69, 9.17) is 27.9 Å². The van der Waals surface area contributed by atoms with Crippen LogP contribution >= 0.6 is 23.2 Å². The van der Waals surface area contributed by atoms with E-state index < -0.39 is 0 Å². The van der Waals surface area contributed by atoms with E-state index in [1.54, 1.807) is 0 Å². The van der Waals surface area contributed by atoms with Crippen LogP contribution in [0.15, 0.2) is 42.5 Å². The summed E-state index contributed by atoms with van der Waals surface area (Å²) in [5, 5.41) is 0. The number of unbranched alkanes of at least 4 members (excludes halogenated alkanes) is 1. The number of ether oxygens (including phenoxy) is 1. The summed E-state index contributed by atoms with van der Waals surface area (Å²) in [7, 11) is 0. The molecule has 0 spiro atoms. The van der Waals surface area contributed by atoms with Crippen molar-refractivity contribution in [2.24, 2.45) is 5.92 Å². The molecule has 2 rings (SSSR count). The molecule has 0 bridgehead atoms. The Hall–Kier alpha value is -1.62. The summed E-state index contributed by atoms with van der Waals surface area (Å²) < 4.78 is 6.15. The van der Waals surface area contributed by atoms with E-state index in [9.17, 15) is 0 Å². The van der Waals surface area contributed by atoms with Crippen LogP contribution in [0.4, 0.5) is 0 Å². The van der Waals surface area contributed by atoms with Crippen molar-refractivity contribution in [2.75, 3.05) is 6.61 Å². The Kier molecular flexibility index (Phi) is 9.60. The molecule has 2 aromatic rings. The average molecular weight is 403 g/mol. The van der Waals surface area contributed by atoms with E-state index in [-0.39, 0.29) is 0 Å². The smallest absolute Gasteiger partial charge is 0.124 e. The molecule has 0 aliphatic carbocycles. The molecule has 0 aromatic heterocycles. The Balaban J connectivity index is 2.21. The lowest BCUT2D eigenvalue weighted by atomic mass is 10.0. The first-order chi connectivity index (χ1) is 13.2. The molecule has 3 heteroatoms. The minimum absolute atomic E-state index is 0.393. The third-order valence-corrected chi connectivity index (χ3v) is 5.28. The van der Waals surface area contributed by atoms with Crippen LogP contribution in [-0.4, -0.2) is 6.61 Å². The predicted molar refractivity (Wildman–Crippen MR) is 117 cm³/mol. The maximum atomic E-state index is 6.19. The lowest BCUT2D eigenvalue weighted by Crippen LogP contribution is -2.12. The van der Waals surface area contributed by atoms with Crippen LogP contribution in [0.3, 0.4) is 0 Å². The molecule has 0 N–H and O–H groups in total. The molecule has 0 aliphatic heterocycles. The van der Waals surface area contributed by atoms with Gasteiger partial charge in [0, 0.05) is 22.6 Å². The van der Waals surface area contributed by atoms with Crippen LogP contribution in [0.1, 0.15) is 61.8 Å². The molecule has 2 aromatic carbocycles. The molecule has 0 aliphatic rings. The van der Waals surface area contributed by atoms with Crippen LogP contribution in [0.25, 0.3) is 0 Å². The highest BCUT2D eigenvalue weighted by Crippen LogP contribution is 2.28. The molecule has 144 valence electrons. The summed E-state index contributed by atoms with van der Waals surface area (Å²) in [4.78, 5) is 0.